The molecule has 1 aliphatic rings. The number of fused-ring (bicyclic) bond motifs is 1. The summed E-state index contributed by atoms with van der Waals surface area (Å²) in [5, 5.41) is 17.1. The Labute approximate surface area is 166 Å². The van der Waals surface area contributed by atoms with Crippen molar-refractivity contribution in [3.05, 3.63) is 57.0 Å². The third-order valence-electron chi connectivity index (χ3n) is 4.81. The van der Waals surface area contributed by atoms with E-state index in [0.717, 1.165) is 18.0 Å². The van der Waals surface area contributed by atoms with Crippen LogP contribution in [0.4, 0.5) is 8.78 Å². The van der Waals surface area contributed by atoms with Gasteiger partial charge in [-0.2, -0.15) is 10.2 Å². The van der Waals surface area contributed by atoms with E-state index in [9.17, 15) is 19.1 Å². The zero-order valence-electron chi connectivity index (χ0n) is 16.4. The van der Waals surface area contributed by atoms with Crippen molar-refractivity contribution < 1.29 is 18.7 Å². The van der Waals surface area contributed by atoms with Crippen LogP contribution >= 0.6 is 0 Å². The number of aromatic carboxylic acids is 1. The van der Waals surface area contributed by atoms with Crippen LogP contribution in [0.5, 0.6) is 0 Å². The normalized spacial score (nSPS) is 16.1. The smallest absolute Gasteiger partial charge is 0.341 e. The van der Waals surface area contributed by atoms with E-state index in [-0.39, 0.29) is 35.5 Å². The molecule has 1 aromatic heterocycles. The second-order valence-corrected chi connectivity index (χ2v) is 7.23. The third-order valence-corrected chi connectivity index (χ3v) is 4.81. The predicted molar refractivity (Wildman–Crippen MR) is 104 cm³/mol. The summed E-state index contributed by atoms with van der Waals surface area (Å²) in [5.74, 6) is -3.15. The number of carboxylic acid groups (broad SMARTS) is 1. The first kappa shape index (κ1) is 20.8. The molecule has 9 heteroatoms. The van der Waals surface area contributed by atoms with Crippen molar-refractivity contribution in [1.82, 2.24) is 9.47 Å². The topological polar surface area (TPSA) is 87.3 Å². The monoisotopic (exact) mass is 404 g/mol. The van der Waals surface area contributed by atoms with Gasteiger partial charge in [-0.3, -0.25) is 4.79 Å². The summed E-state index contributed by atoms with van der Waals surface area (Å²) < 4.78 is 31.2. The molecule has 0 aliphatic carbocycles. The van der Waals surface area contributed by atoms with Crippen molar-refractivity contribution >= 4 is 16.9 Å². The molecule has 0 bridgehead atoms. The predicted octanol–water partition coefficient (Wildman–Crippen LogP) is 3.21. The van der Waals surface area contributed by atoms with Crippen molar-refractivity contribution in [2.75, 3.05) is 20.6 Å². The lowest BCUT2D eigenvalue weighted by molar-refractivity contribution is 0.0695. The molecule has 0 saturated carbocycles. The van der Waals surface area contributed by atoms with Crippen LogP contribution in [0.25, 0.3) is 10.9 Å². The van der Waals surface area contributed by atoms with Gasteiger partial charge in [-0.25, -0.2) is 13.6 Å². The van der Waals surface area contributed by atoms with Gasteiger partial charge in [0.25, 0.3) is 0 Å². The molecule has 1 atom stereocenters. The standard InChI is InChI=1S/C20H22F2N4O3/c1-4-26-10-15(20(28)29)19(27)14-8-16(21)13(17(22)18(14)26)6-5-11-7-12(24-23-11)9-25(2)3/h7-8,10-11H,4-6,9H2,1-3H3,(H,28,29). The van der Waals surface area contributed by atoms with E-state index in [1.807, 2.05) is 25.1 Å². The number of pyridine rings is 1. The molecule has 2 heterocycles. The van der Waals surface area contributed by atoms with Gasteiger partial charge in [0, 0.05) is 24.8 Å². The maximum absolute atomic E-state index is 15.2. The zero-order valence-corrected chi connectivity index (χ0v) is 16.4. The summed E-state index contributed by atoms with van der Waals surface area (Å²) in [4.78, 5) is 25.6. The van der Waals surface area contributed by atoms with E-state index in [1.165, 1.54) is 4.57 Å². The molecular weight excluding hydrogens is 382 g/mol. The van der Waals surface area contributed by atoms with Crippen LogP contribution in [-0.4, -0.2) is 47.2 Å². The number of halogens is 2. The fraction of sp³-hybridized carbons (Fsp3) is 0.400. The Morgan fingerprint density at radius 1 is 1.34 bits per heavy atom. The Kier molecular flexibility index (Phi) is 5.88. The van der Waals surface area contributed by atoms with E-state index < -0.39 is 28.6 Å². The molecule has 0 amide bonds. The fourth-order valence-electron chi connectivity index (χ4n) is 3.44. The van der Waals surface area contributed by atoms with Crippen molar-refractivity contribution in [2.45, 2.75) is 32.4 Å². The number of nitrogens with zero attached hydrogens (tertiary/aromatic N) is 4. The molecule has 3 rings (SSSR count). The number of aromatic nitrogens is 1. The van der Waals surface area contributed by atoms with E-state index in [1.54, 1.807) is 6.92 Å². The van der Waals surface area contributed by atoms with Gasteiger partial charge in [0.05, 0.1) is 22.6 Å². The SMILES string of the molecule is CCn1cc(C(=O)O)c(=O)c2cc(F)c(CCC3C=C(CN(C)C)N=N3)c(F)c21. The first-order valence-electron chi connectivity index (χ1n) is 9.26. The van der Waals surface area contributed by atoms with Crippen molar-refractivity contribution in [1.29, 1.82) is 0 Å². The van der Waals surface area contributed by atoms with E-state index in [0.29, 0.717) is 13.0 Å². The minimum atomic E-state index is -1.43. The maximum atomic E-state index is 15.2. The number of aryl methyl sites for hydroxylation is 1. The lowest BCUT2D eigenvalue weighted by Crippen LogP contribution is -2.20. The number of hydrogen-bond donors (Lipinski definition) is 1. The van der Waals surface area contributed by atoms with Crippen LogP contribution in [0.15, 0.2) is 39.1 Å². The summed E-state index contributed by atoms with van der Waals surface area (Å²) in [6.07, 6.45) is 3.40. The molecule has 0 radical (unpaired) electrons. The number of carbonyl (C=O) groups is 1. The van der Waals surface area contributed by atoms with Crippen molar-refractivity contribution in [3.8, 4) is 0 Å². The van der Waals surface area contributed by atoms with Crippen LogP contribution in [0.1, 0.15) is 29.3 Å². The summed E-state index contributed by atoms with van der Waals surface area (Å²) in [5.41, 5.74) is -0.846. The number of benzene rings is 1. The Balaban J connectivity index is 1.97. The summed E-state index contributed by atoms with van der Waals surface area (Å²) in [6, 6.07) is 0.667. The molecule has 1 aromatic carbocycles. The van der Waals surface area contributed by atoms with Crippen molar-refractivity contribution in [3.63, 3.8) is 0 Å². The molecule has 1 aliphatic heterocycles. The molecule has 154 valence electrons. The van der Waals surface area contributed by atoms with Crippen LogP contribution in [0.2, 0.25) is 0 Å². The third kappa shape index (κ3) is 4.09. The fourth-order valence-corrected chi connectivity index (χ4v) is 3.44. The van der Waals surface area contributed by atoms with Gasteiger partial charge in [-0.1, -0.05) is 0 Å². The van der Waals surface area contributed by atoms with Gasteiger partial charge in [-0.05, 0) is 46.0 Å². The van der Waals surface area contributed by atoms with Gasteiger partial charge in [0.1, 0.15) is 11.4 Å². The first-order valence-corrected chi connectivity index (χ1v) is 9.26. The number of likely N-dealkylation sites (N-methyl/N-ethyl adjacent to an activating group) is 1. The van der Waals surface area contributed by atoms with Crippen molar-refractivity contribution in [2.24, 2.45) is 10.2 Å². The van der Waals surface area contributed by atoms with Gasteiger partial charge in [0.2, 0.25) is 5.43 Å². The Bertz CT molecular complexity index is 1090. The minimum Gasteiger partial charge on any atom is -0.477 e. The molecule has 1 N–H and O–H groups in total. The summed E-state index contributed by atoms with van der Waals surface area (Å²) in [7, 11) is 3.82. The maximum Gasteiger partial charge on any atom is 0.341 e. The average molecular weight is 404 g/mol. The van der Waals surface area contributed by atoms with Crippen LogP contribution in [0.3, 0.4) is 0 Å². The highest BCUT2D eigenvalue weighted by molar-refractivity contribution is 5.93. The van der Waals surface area contributed by atoms with Gasteiger partial charge < -0.3 is 14.6 Å². The molecule has 7 nitrogen and oxygen atoms in total. The number of carboxylic acids is 1. The number of azo groups is 1. The Morgan fingerprint density at radius 2 is 2.07 bits per heavy atom. The second kappa shape index (κ2) is 8.20. The Morgan fingerprint density at radius 3 is 2.69 bits per heavy atom. The summed E-state index contributed by atoms with van der Waals surface area (Å²) in [6.45, 7) is 2.55. The highest BCUT2D eigenvalue weighted by atomic mass is 19.1. The van der Waals surface area contributed by atoms with E-state index in [2.05, 4.69) is 10.2 Å². The highest BCUT2D eigenvalue weighted by Gasteiger charge is 2.22. The lowest BCUT2D eigenvalue weighted by Gasteiger charge is -2.14. The van der Waals surface area contributed by atoms with E-state index in [4.69, 9.17) is 0 Å². The van der Waals surface area contributed by atoms with E-state index >= 15 is 4.39 Å². The van der Waals surface area contributed by atoms with Gasteiger partial charge in [0.15, 0.2) is 5.82 Å². The molecule has 0 spiro atoms. The largest absolute Gasteiger partial charge is 0.477 e. The molecule has 2 aromatic rings. The number of hydrogen-bond acceptors (Lipinski definition) is 5. The zero-order chi connectivity index (χ0) is 21.3. The van der Waals surface area contributed by atoms with Crippen LogP contribution < -0.4 is 5.43 Å². The first-order chi connectivity index (χ1) is 13.7. The Hall–Kier alpha value is -2.94. The summed E-state index contributed by atoms with van der Waals surface area (Å²) >= 11 is 0. The minimum absolute atomic E-state index is 0.0711. The van der Waals surface area contributed by atoms with Gasteiger partial charge in [-0.15, -0.1) is 0 Å². The quantitative estimate of drug-likeness (QED) is 0.768. The van der Waals surface area contributed by atoms with Crippen LogP contribution in [0, 0.1) is 11.6 Å². The molecule has 29 heavy (non-hydrogen) atoms. The second-order valence-electron chi connectivity index (χ2n) is 7.23. The molecular formula is C20H22F2N4O3. The molecule has 1 unspecified atom stereocenters. The molecule has 0 fully saturated rings. The lowest BCUT2D eigenvalue weighted by atomic mass is 10.0. The number of rotatable bonds is 7. The molecule has 0 saturated heterocycles. The highest BCUT2D eigenvalue weighted by Crippen LogP contribution is 2.26. The average Bonchev–Trinajstić information content (AvgIpc) is 3.08. The van der Waals surface area contributed by atoms with Gasteiger partial charge >= 0.3 is 5.97 Å². The van der Waals surface area contributed by atoms with Crippen LogP contribution in [-0.2, 0) is 13.0 Å².